The third-order valence-electron chi connectivity index (χ3n) is 7.54. The fourth-order valence-electron chi connectivity index (χ4n) is 4.98. The van der Waals surface area contributed by atoms with Crippen LogP contribution in [-0.4, -0.2) is 50.9 Å². The van der Waals surface area contributed by atoms with Crippen molar-refractivity contribution < 1.29 is 22.7 Å². The maximum atomic E-state index is 14.1. The van der Waals surface area contributed by atoms with Crippen LogP contribution in [0.15, 0.2) is 70.0 Å². The Morgan fingerprint density at radius 1 is 1.05 bits per heavy atom. The van der Waals surface area contributed by atoms with Crippen LogP contribution in [0.25, 0.3) is 0 Å². The first kappa shape index (κ1) is 33.1. The Bertz CT molecular complexity index is 1580. The Labute approximate surface area is 271 Å². The van der Waals surface area contributed by atoms with Crippen LogP contribution in [0, 0.1) is 6.92 Å². The average molecular weight is 712 g/mol. The van der Waals surface area contributed by atoms with Gasteiger partial charge in [0.2, 0.25) is 11.8 Å². The van der Waals surface area contributed by atoms with Gasteiger partial charge in [-0.3, -0.25) is 13.9 Å². The Balaban J connectivity index is 1.72. The number of ether oxygens (including phenoxy) is 1. The molecule has 3 aromatic carbocycles. The van der Waals surface area contributed by atoms with Crippen LogP contribution in [0.1, 0.15) is 43.7 Å². The van der Waals surface area contributed by atoms with E-state index >= 15 is 0 Å². The van der Waals surface area contributed by atoms with E-state index in [0.29, 0.717) is 31.5 Å². The summed E-state index contributed by atoms with van der Waals surface area (Å²) in [7, 11) is -2.75. The zero-order valence-corrected chi connectivity index (χ0v) is 28.1. The second-order valence-corrected chi connectivity index (χ2v) is 14.1. The number of hydrogen-bond acceptors (Lipinski definition) is 5. The van der Waals surface area contributed by atoms with E-state index in [2.05, 4.69) is 21.2 Å². The van der Waals surface area contributed by atoms with Crippen molar-refractivity contribution in [2.75, 3.05) is 18.0 Å². The maximum absolute atomic E-state index is 14.1. The molecule has 0 aromatic heterocycles. The van der Waals surface area contributed by atoms with Crippen LogP contribution in [-0.2, 0) is 26.2 Å². The monoisotopic (exact) mass is 709 g/mol. The molecule has 8 nitrogen and oxygen atoms in total. The van der Waals surface area contributed by atoms with Crippen LogP contribution >= 0.6 is 39.1 Å². The van der Waals surface area contributed by atoms with Gasteiger partial charge in [0.15, 0.2) is 0 Å². The largest absolute Gasteiger partial charge is 0.496 e. The summed E-state index contributed by atoms with van der Waals surface area (Å²) in [6.45, 7) is 2.94. The zero-order chi connectivity index (χ0) is 31.3. The molecule has 2 amide bonds. The molecule has 3 aromatic rings. The van der Waals surface area contributed by atoms with Crippen LogP contribution < -0.4 is 14.4 Å². The minimum Gasteiger partial charge on any atom is -0.496 e. The molecule has 43 heavy (non-hydrogen) atoms. The molecule has 1 N–H and O–H groups in total. The van der Waals surface area contributed by atoms with Crippen LogP contribution in [0.5, 0.6) is 5.75 Å². The SMILES string of the molecule is COc1ccc(S(=O)(=O)N(CC(=O)N(Cc2ccc(Cl)cc2Cl)C(C)C(=O)NC2CCCC2)c2ccc(C)cc2)cc1Br. The van der Waals surface area contributed by atoms with E-state index < -0.39 is 28.5 Å². The van der Waals surface area contributed by atoms with E-state index in [1.54, 1.807) is 49.4 Å². The second-order valence-electron chi connectivity index (χ2n) is 10.6. The maximum Gasteiger partial charge on any atom is 0.264 e. The summed E-state index contributed by atoms with van der Waals surface area (Å²) in [5.74, 6) is -0.420. The number of rotatable bonds is 11. The summed E-state index contributed by atoms with van der Waals surface area (Å²) in [5, 5.41) is 3.82. The highest BCUT2D eigenvalue weighted by Crippen LogP contribution is 2.31. The lowest BCUT2D eigenvalue weighted by atomic mass is 10.1. The molecular formula is C31H34BrCl2N3O5S. The number of sulfonamides is 1. The zero-order valence-electron chi connectivity index (χ0n) is 24.1. The van der Waals surface area contributed by atoms with Gasteiger partial charge in [0.05, 0.1) is 22.2 Å². The molecule has 1 aliphatic rings. The molecule has 1 saturated carbocycles. The van der Waals surface area contributed by atoms with Gasteiger partial charge in [0, 0.05) is 22.6 Å². The van der Waals surface area contributed by atoms with E-state index in [1.165, 1.54) is 30.2 Å². The number of halogens is 3. The highest BCUT2D eigenvalue weighted by molar-refractivity contribution is 9.10. The predicted molar refractivity (Wildman–Crippen MR) is 173 cm³/mol. The van der Waals surface area contributed by atoms with Crippen molar-refractivity contribution in [2.45, 2.75) is 63.1 Å². The topological polar surface area (TPSA) is 96.0 Å². The van der Waals surface area contributed by atoms with Crippen molar-refractivity contribution in [3.8, 4) is 5.75 Å². The lowest BCUT2D eigenvalue weighted by molar-refractivity contribution is -0.139. The van der Waals surface area contributed by atoms with Crippen molar-refractivity contribution in [3.63, 3.8) is 0 Å². The molecule has 4 rings (SSSR count). The van der Waals surface area contributed by atoms with Gasteiger partial charge in [0.1, 0.15) is 18.3 Å². The highest BCUT2D eigenvalue weighted by atomic mass is 79.9. The van der Waals surface area contributed by atoms with E-state index in [-0.39, 0.29) is 23.4 Å². The minimum atomic E-state index is -4.24. The molecule has 1 atom stereocenters. The normalized spacial score (nSPS) is 14.3. The molecule has 1 unspecified atom stereocenters. The molecule has 230 valence electrons. The summed E-state index contributed by atoms with van der Waals surface area (Å²) < 4.78 is 34.9. The number of carbonyl (C=O) groups excluding carboxylic acids is 2. The predicted octanol–water partition coefficient (Wildman–Crippen LogP) is 6.74. The number of nitrogens with zero attached hydrogens (tertiary/aromatic N) is 2. The van der Waals surface area contributed by atoms with Gasteiger partial charge >= 0.3 is 0 Å². The molecule has 0 heterocycles. The second kappa shape index (κ2) is 14.3. The molecule has 0 saturated heterocycles. The Morgan fingerprint density at radius 3 is 2.33 bits per heavy atom. The van der Waals surface area contributed by atoms with Crippen LogP contribution in [0.3, 0.4) is 0 Å². The van der Waals surface area contributed by atoms with Gasteiger partial charge in [-0.2, -0.15) is 0 Å². The first-order chi connectivity index (χ1) is 20.4. The molecule has 1 fully saturated rings. The lowest BCUT2D eigenvalue weighted by Gasteiger charge is -2.32. The van der Waals surface area contributed by atoms with Gasteiger partial charge in [-0.25, -0.2) is 8.42 Å². The Morgan fingerprint density at radius 2 is 1.72 bits per heavy atom. The third kappa shape index (κ3) is 8.03. The van der Waals surface area contributed by atoms with Crippen molar-refractivity contribution in [1.82, 2.24) is 10.2 Å². The number of carbonyl (C=O) groups is 2. The van der Waals surface area contributed by atoms with Crippen molar-refractivity contribution in [2.24, 2.45) is 0 Å². The van der Waals surface area contributed by atoms with E-state index in [0.717, 1.165) is 35.6 Å². The first-order valence-electron chi connectivity index (χ1n) is 13.9. The summed E-state index contributed by atoms with van der Waals surface area (Å²) in [6.07, 6.45) is 3.83. The average Bonchev–Trinajstić information content (AvgIpc) is 3.48. The molecule has 0 spiro atoms. The third-order valence-corrected chi connectivity index (χ3v) is 10.5. The highest BCUT2D eigenvalue weighted by Gasteiger charge is 2.34. The Hall–Kier alpha value is -2.79. The quantitative estimate of drug-likeness (QED) is 0.238. The minimum absolute atomic E-state index is 0.0239. The molecule has 1 aliphatic carbocycles. The van der Waals surface area contributed by atoms with E-state index in [1.807, 2.05) is 6.92 Å². The molecule has 0 aliphatic heterocycles. The number of hydrogen-bond donors (Lipinski definition) is 1. The fourth-order valence-corrected chi connectivity index (χ4v) is 7.58. The number of anilines is 1. The standard InChI is InChI=1S/C31H34BrCl2N3O5S/c1-20-8-12-25(13-9-20)37(43(40,41)26-14-15-29(42-3)27(32)17-26)19-30(38)36(18-22-10-11-23(33)16-28(22)34)21(2)31(39)35-24-6-4-5-7-24/h8-17,21,24H,4-7,18-19H2,1-3H3,(H,35,39). The summed E-state index contributed by atoms with van der Waals surface area (Å²) in [5.41, 5.74) is 1.80. The van der Waals surface area contributed by atoms with Gasteiger partial charge in [-0.15, -0.1) is 0 Å². The van der Waals surface area contributed by atoms with E-state index in [9.17, 15) is 18.0 Å². The smallest absolute Gasteiger partial charge is 0.264 e. The van der Waals surface area contributed by atoms with Gasteiger partial charge in [-0.1, -0.05) is 59.8 Å². The van der Waals surface area contributed by atoms with Gasteiger partial charge < -0.3 is 15.0 Å². The number of aryl methyl sites for hydroxylation is 1. The molecular weight excluding hydrogens is 677 g/mol. The van der Waals surface area contributed by atoms with Crippen molar-refractivity contribution >= 4 is 66.7 Å². The van der Waals surface area contributed by atoms with Gasteiger partial charge in [0.25, 0.3) is 10.0 Å². The molecule has 0 bridgehead atoms. The van der Waals surface area contributed by atoms with Gasteiger partial charge in [-0.05, 0) is 90.6 Å². The summed E-state index contributed by atoms with van der Waals surface area (Å²) >= 11 is 15.9. The fraction of sp³-hybridized carbons (Fsp3) is 0.355. The first-order valence-corrected chi connectivity index (χ1v) is 16.9. The van der Waals surface area contributed by atoms with E-state index in [4.69, 9.17) is 27.9 Å². The number of benzene rings is 3. The van der Waals surface area contributed by atoms with Crippen molar-refractivity contribution in [1.29, 1.82) is 0 Å². The lowest BCUT2D eigenvalue weighted by Crippen LogP contribution is -2.52. The molecule has 0 radical (unpaired) electrons. The number of amides is 2. The number of nitrogens with one attached hydrogen (secondary N) is 1. The van der Waals surface area contributed by atoms with Crippen molar-refractivity contribution in [3.05, 3.63) is 86.3 Å². The van der Waals surface area contributed by atoms with Crippen LogP contribution in [0.4, 0.5) is 5.69 Å². The summed E-state index contributed by atoms with van der Waals surface area (Å²) in [6, 6.07) is 15.3. The Kier molecular flexibility index (Phi) is 11.0. The summed E-state index contributed by atoms with van der Waals surface area (Å²) in [4.78, 5) is 28.8. The number of methoxy groups -OCH3 is 1. The molecule has 12 heteroatoms. The van der Waals surface area contributed by atoms with Crippen LogP contribution in [0.2, 0.25) is 10.0 Å².